The van der Waals surface area contributed by atoms with Crippen LogP contribution in [0.4, 0.5) is 17.1 Å². The molecule has 2 heteroatoms. The summed E-state index contributed by atoms with van der Waals surface area (Å²) in [4.78, 5) is 2.53. The highest BCUT2D eigenvalue weighted by molar-refractivity contribution is 7.25. The quantitative estimate of drug-likeness (QED) is 0.154. The van der Waals surface area contributed by atoms with Crippen LogP contribution in [-0.2, 0) is 10.8 Å². The highest BCUT2D eigenvalue weighted by Crippen LogP contribution is 2.59. The normalized spacial score (nSPS) is 13.8. The third-order valence-electron chi connectivity index (χ3n) is 15.0. The molecule has 0 atom stereocenters. The van der Waals surface area contributed by atoms with E-state index in [9.17, 15) is 0 Å². The lowest BCUT2D eigenvalue weighted by molar-refractivity contribution is 0.767. The van der Waals surface area contributed by atoms with Crippen molar-refractivity contribution < 1.29 is 0 Å². The van der Waals surface area contributed by atoms with Gasteiger partial charge >= 0.3 is 0 Å². The van der Waals surface area contributed by atoms with Crippen LogP contribution in [-0.4, -0.2) is 0 Å². The largest absolute Gasteiger partial charge is 0.310 e. The summed E-state index contributed by atoms with van der Waals surface area (Å²) in [5, 5.41) is 5.09. The SMILES string of the molecule is c1ccc(C2(c3ccccc3)c3ccccc3-c3ccc(N(c4ccc5c(c4)C(c4ccccc4)(c4ccccc4)c4ccccc4-5)c4ccc5sc6cc7ccccc7cc6c5c4)cc32)cc1. The second-order valence-electron chi connectivity index (χ2n) is 18.3. The number of nitrogens with zero attached hydrogens (tertiary/aromatic N) is 1. The lowest BCUT2D eigenvalue weighted by atomic mass is 9.67. The van der Waals surface area contributed by atoms with Crippen molar-refractivity contribution in [1.29, 1.82) is 0 Å². The lowest BCUT2D eigenvalue weighted by Gasteiger charge is -2.36. The maximum Gasteiger partial charge on any atom is 0.0714 e. The van der Waals surface area contributed by atoms with E-state index in [0.29, 0.717) is 0 Å². The molecule has 1 heterocycles. The topological polar surface area (TPSA) is 3.24 Å². The van der Waals surface area contributed by atoms with Crippen molar-refractivity contribution in [2.24, 2.45) is 0 Å². The van der Waals surface area contributed by atoms with E-state index in [2.05, 4.69) is 266 Å². The predicted octanol–water partition coefficient (Wildman–Crippen LogP) is 17.4. The molecule has 0 radical (unpaired) electrons. The third-order valence-corrected chi connectivity index (χ3v) is 16.1. The second-order valence-corrected chi connectivity index (χ2v) is 19.4. The lowest BCUT2D eigenvalue weighted by Crippen LogP contribution is -2.29. The second kappa shape index (κ2) is 15.1. The average molecular weight is 882 g/mol. The van der Waals surface area contributed by atoms with Gasteiger partial charge < -0.3 is 4.90 Å². The van der Waals surface area contributed by atoms with Crippen LogP contribution in [0.3, 0.4) is 0 Å². The number of rotatable bonds is 7. The molecule has 318 valence electrons. The highest BCUT2D eigenvalue weighted by Gasteiger charge is 2.48. The molecule has 0 fully saturated rings. The first-order chi connectivity index (χ1) is 33.7. The third kappa shape index (κ3) is 5.50. The standard InChI is InChI=1S/C66H43NS/c1-5-21-46(22-6-1)65(47-23-7-2-8-24-47)59-31-17-15-29-53(59)55-36-33-51(42-61(55)65)67(50-35-38-63-58(41-50)57-39-44-19-13-14-20-45(44)40-64(57)68-63)52-34-37-56-54-30-16-18-32-60(54)66(62(56)43-52,48-25-9-3-10-26-48)49-27-11-4-12-28-49/h1-43H. The van der Waals surface area contributed by atoms with Gasteiger partial charge in [-0.3, -0.25) is 0 Å². The van der Waals surface area contributed by atoms with Crippen LogP contribution >= 0.6 is 11.3 Å². The van der Waals surface area contributed by atoms with Crippen LogP contribution < -0.4 is 4.90 Å². The van der Waals surface area contributed by atoms with Crippen LogP contribution in [0.5, 0.6) is 0 Å². The van der Waals surface area contributed by atoms with Gasteiger partial charge in [-0.2, -0.15) is 0 Å². The molecule has 12 aromatic rings. The van der Waals surface area contributed by atoms with Gasteiger partial charge in [0.2, 0.25) is 0 Å². The van der Waals surface area contributed by atoms with E-state index < -0.39 is 10.8 Å². The van der Waals surface area contributed by atoms with Crippen molar-refractivity contribution in [1.82, 2.24) is 0 Å². The summed E-state index contributed by atoms with van der Waals surface area (Å²) in [6, 6.07) is 97.7. The molecular formula is C66H43NS. The summed E-state index contributed by atoms with van der Waals surface area (Å²) in [5.41, 5.74) is 17.5. The van der Waals surface area contributed by atoms with Crippen molar-refractivity contribution in [3.8, 4) is 22.3 Å². The molecule has 1 aromatic heterocycles. The summed E-state index contributed by atoms with van der Waals surface area (Å²) in [7, 11) is 0. The minimum absolute atomic E-state index is 0.542. The Labute approximate surface area is 400 Å². The van der Waals surface area contributed by atoms with Crippen molar-refractivity contribution in [2.75, 3.05) is 4.90 Å². The van der Waals surface area contributed by atoms with E-state index in [4.69, 9.17) is 0 Å². The van der Waals surface area contributed by atoms with Gasteiger partial charge in [0.05, 0.1) is 10.8 Å². The fourth-order valence-corrected chi connectivity index (χ4v) is 13.3. The van der Waals surface area contributed by atoms with Crippen molar-refractivity contribution in [2.45, 2.75) is 10.8 Å². The number of fused-ring (bicyclic) bond motifs is 10. The van der Waals surface area contributed by atoms with E-state index in [1.165, 1.54) is 97.7 Å². The van der Waals surface area contributed by atoms with Gasteiger partial charge in [-0.25, -0.2) is 0 Å². The van der Waals surface area contributed by atoms with E-state index in [1.54, 1.807) is 0 Å². The fraction of sp³-hybridized carbons (Fsp3) is 0.0303. The maximum atomic E-state index is 2.53. The zero-order valence-electron chi connectivity index (χ0n) is 37.2. The molecule has 1 nitrogen and oxygen atoms in total. The Kier molecular flexibility index (Phi) is 8.65. The van der Waals surface area contributed by atoms with Gasteiger partial charge in [0.15, 0.2) is 0 Å². The van der Waals surface area contributed by atoms with Crippen molar-refractivity contribution in [3.05, 3.63) is 305 Å². The summed E-state index contributed by atoms with van der Waals surface area (Å²) < 4.78 is 2.59. The molecule has 14 rings (SSSR count). The Balaban J connectivity index is 1.06. The van der Waals surface area contributed by atoms with E-state index in [-0.39, 0.29) is 0 Å². The number of thiophene rings is 1. The molecule has 0 bridgehead atoms. The first-order valence-corrected chi connectivity index (χ1v) is 24.4. The van der Waals surface area contributed by atoms with Crippen LogP contribution in [0.15, 0.2) is 261 Å². The van der Waals surface area contributed by atoms with Crippen LogP contribution in [0.1, 0.15) is 44.5 Å². The van der Waals surface area contributed by atoms with Crippen LogP contribution in [0, 0.1) is 0 Å². The smallest absolute Gasteiger partial charge is 0.0714 e. The molecule has 0 aliphatic heterocycles. The Morgan fingerprint density at radius 3 is 1.12 bits per heavy atom. The van der Waals surface area contributed by atoms with Gasteiger partial charge in [-0.15, -0.1) is 11.3 Å². The summed E-state index contributed by atoms with van der Waals surface area (Å²) >= 11 is 1.88. The van der Waals surface area contributed by atoms with E-state index in [0.717, 1.165) is 17.1 Å². The molecule has 68 heavy (non-hydrogen) atoms. The molecule has 0 spiro atoms. The molecule has 0 amide bonds. The predicted molar refractivity (Wildman–Crippen MR) is 286 cm³/mol. The molecular weight excluding hydrogens is 839 g/mol. The zero-order chi connectivity index (χ0) is 44.8. The van der Waals surface area contributed by atoms with Crippen LogP contribution in [0.25, 0.3) is 53.2 Å². The highest BCUT2D eigenvalue weighted by atomic mass is 32.1. The number of hydrogen-bond acceptors (Lipinski definition) is 2. The number of benzene rings is 11. The molecule has 0 unspecified atom stereocenters. The van der Waals surface area contributed by atoms with Crippen LogP contribution in [0.2, 0.25) is 0 Å². The zero-order valence-corrected chi connectivity index (χ0v) is 38.0. The van der Waals surface area contributed by atoms with E-state index >= 15 is 0 Å². The Morgan fingerprint density at radius 1 is 0.265 bits per heavy atom. The Bertz CT molecular complexity index is 3650. The molecule has 2 aliphatic rings. The minimum Gasteiger partial charge on any atom is -0.310 e. The first-order valence-electron chi connectivity index (χ1n) is 23.6. The van der Waals surface area contributed by atoms with Gasteiger partial charge in [0, 0.05) is 37.2 Å². The molecule has 2 aliphatic carbocycles. The number of hydrogen-bond donors (Lipinski definition) is 0. The van der Waals surface area contributed by atoms with Gasteiger partial charge in [0.1, 0.15) is 0 Å². The molecule has 0 saturated heterocycles. The number of anilines is 3. The Hall–Kier alpha value is -8.30. The molecule has 0 N–H and O–H groups in total. The maximum absolute atomic E-state index is 2.53. The van der Waals surface area contributed by atoms with Crippen molar-refractivity contribution in [3.63, 3.8) is 0 Å². The Morgan fingerprint density at radius 2 is 0.632 bits per heavy atom. The van der Waals surface area contributed by atoms with Gasteiger partial charge in [0.25, 0.3) is 0 Å². The van der Waals surface area contributed by atoms with Crippen molar-refractivity contribution >= 4 is 59.3 Å². The van der Waals surface area contributed by atoms with Gasteiger partial charge in [-0.1, -0.05) is 206 Å². The summed E-state index contributed by atoms with van der Waals surface area (Å²) in [6.07, 6.45) is 0. The molecule has 11 aromatic carbocycles. The van der Waals surface area contributed by atoms with Gasteiger partial charge in [-0.05, 0) is 132 Å². The average Bonchev–Trinajstić information content (AvgIpc) is 4.03. The molecule has 0 saturated carbocycles. The summed E-state index contributed by atoms with van der Waals surface area (Å²) in [5.74, 6) is 0. The monoisotopic (exact) mass is 881 g/mol. The van der Waals surface area contributed by atoms with E-state index in [1.807, 2.05) is 11.3 Å². The first kappa shape index (κ1) is 38.9. The minimum atomic E-state index is -0.542. The summed E-state index contributed by atoms with van der Waals surface area (Å²) in [6.45, 7) is 0. The fourth-order valence-electron chi connectivity index (χ4n) is 12.2.